The Hall–Kier alpha value is -7.80. The van der Waals surface area contributed by atoms with Gasteiger partial charge in [-0.15, -0.1) is 0 Å². The molecule has 0 unspecified atom stereocenters. The molecule has 0 saturated heterocycles. The van der Waals surface area contributed by atoms with E-state index in [0.717, 1.165) is 0 Å². The van der Waals surface area contributed by atoms with Crippen molar-refractivity contribution in [2.24, 2.45) is 0 Å². The van der Waals surface area contributed by atoms with Gasteiger partial charge in [-0.05, 0) is 171 Å². The van der Waals surface area contributed by atoms with E-state index in [0.29, 0.717) is 0 Å². The van der Waals surface area contributed by atoms with Crippen LogP contribution < -0.4 is 0 Å². The Bertz CT molecular complexity index is 3460. The molecule has 0 amide bonds. The van der Waals surface area contributed by atoms with Crippen molar-refractivity contribution in [1.29, 1.82) is 0 Å². The molecule has 0 bridgehead atoms. The van der Waals surface area contributed by atoms with E-state index in [2.05, 4.69) is 232 Å². The summed E-state index contributed by atoms with van der Waals surface area (Å²) in [6.07, 6.45) is 0. The number of benzene rings is 12. The van der Waals surface area contributed by atoms with Crippen LogP contribution in [0.4, 0.5) is 0 Å². The first kappa shape index (κ1) is 36.1. The lowest BCUT2D eigenvalue weighted by atomic mass is 9.85. The standard InChI is InChI=1S/C62H42/c1-39-23-27-47-51(41-15-7-3-8-16-41)37-61-57-33-45(25-29-49(57)53(35-59(61)55(47)31-39)43-19-11-5-12-20-43)46-26-30-50-54(44-21-13-6-14-22-44)36-60-56-32-40(2)24-28-48(56)52(38-62(60)58(50)34-46)42-17-9-4-10-18-42/h3-38H,1-2H3. The predicted molar refractivity (Wildman–Crippen MR) is 268 cm³/mol. The number of hydrogen-bond acceptors (Lipinski definition) is 0. The Kier molecular flexibility index (Phi) is 8.40. The molecule has 0 aliphatic carbocycles. The molecule has 290 valence electrons. The van der Waals surface area contributed by atoms with Gasteiger partial charge in [0, 0.05) is 0 Å². The van der Waals surface area contributed by atoms with E-state index in [1.807, 2.05) is 0 Å². The van der Waals surface area contributed by atoms with Crippen molar-refractivity contribution in [2.75, 3.05) is 0 Å². The van der Waals surface area contributed by atoms with Crippen LogP contribution in [0.1, 0.15) is 11.1 Å². The van der Waals surface area contributed by atoms with Gasteiger partial charge < -0.3 is 0 Å². The van der Waals surface area contributed by atoms with Crippen LogP contribution in [0.3, 0.4) is 0 Å². The lowest BCUT2D eigenvalue weighted by molar-refractivity contribution is 1.51. The maximum atomic E-state index is 2.46. The minimum Gasteiger partial charge on any atom is -0.0622 e. The van der Waals surface area contributed by atoms with E-state index in [-0.39, 0.29) is 0 Å². The molecule has 12 aromatic rings. The van der Waals surface area contributed by atoms with Gasteiger partial charge in [0.2, 0.25) is 0 Å². The van der Waals surface area contributed by atoms with Crippen molar-refractivity contribution in [3.8, 4) is 55.6 Å². The van der Waals surface area contributed by atoms with Crippen molar-refractivity contribution in [1.82, 2.24) is 0 Å². The third-order valence-corrected chi connectivity index (χ3v) is 13.1. The van der Waals surface area contributed by atoms with Crippen molar-refractivity contribution < 1.29 is 0 Å². The fraction of sp³-hybridized carbons (Fsp3) is 0.0323. The van der Waals surface area contributed by atoms with Crippen LogP contribution in [-0.4, -0.2) is 0 Å². The monoisotopic (exact) mass is 786 g/mol. The molecule has 0 atom stereocenters. The van der Waals surface area contributed by atoms with Crippen molar-refractivity contribution in [2.45, 2.75) is 13.8 Å². The highest BCUT2D eigenvalue weighted by molar-refractivity contribution is 6.26. The normalized spacial score (nSPS) is 11.7. The van der Waals surface area contributed by atoms with E-state index >= 15 is 0 Å². The maximum Gasteiger partial charge on any atom is -0.00921 e. The maximum absolute atomic E-state index is 2.46. The summed E-state index contributed by atoms with van der Waals surface area (Å²) in [5.41, 5.74) is 14.9. The zero-order chi connectivity index (χ0) is 41.3. The first-order valence-electron chi connectivity index (χ1n) is 21.7. The first-order valence-corrected chi connectivity index (χ1v) is 21.7. The fourth-order valence-electron chi connectivity index (χ4n) is 10.1. The molecule has 0 nitrogen and oxygen atoms in total. The van der Waals surface area contributed by atoms with E-state index in [9.17, 15) is 0 Å². The minimum atomic E-state index is 1.20. The summed E-state index contributed by atoms with van der Waals surface area (Å²) in [6.45, 7) is 4.41. The highest BCUT2D eigenvalue weighted by Gasteiger charge is 2.18. The second-order valence-electron chi connectivity index (χ2n) is 17.0. The minimum absolute atomic E-state index is 1.20. The molecule has 0 spiro atoms. The van der Waals surface area contributed by atoms with Gasteiger partial charge in [-0.1, -0.05) is 193 Å². The summed E-state index contributed by atoms with van der Waals surface area (Å²) in [6, 6.07) is 81.5. The summed E-state index contributed by atoms with van der Waals surface area (Å²) in [4.78, 5) is 0. The average molecular weight is 787 g/mol. The van der Waals surface area contributed by atoms with Crippen LogP contribution in [0, 0.1) is 13.8 Å². The second-order valence-corrected chi connectivity index (χ2v) is 17.0. The highest BCUT2D eigenvalue weighted by atomic mass is 14.2. The molecule has 0 radical (unpaired) electrons. The third kappa shape index (κ3) is 5.91. The van der Waals surface area contributed by atoms with E-state index in [1.165, 1.54) is 131 Å². The molecule has 12 aromatic carbocycles. The zero-order valence-electron chi connectivity index (χ0n) is 34.8. The summed E-state index contributed by atoms with van der Waals surface area (Å²) >= 11 is 0. The predicted octanol–water partition coefficient (Wildman–Crippen LogP) is 17.6. The number of aryl methyl sites for hydroxylation is 2. The van der Waals surface area contributed by atoms with Gasteiger partial charge in [0.15, 0.2) is 0 Å². The van der Waals surface area contributed by atoms with Gasteiger partial charge in [0.1, 0.15) is 0 Å². The van der Waals surface area contributed by atoms with E-state index in [4.69, 9.17) is 0 Å². The van der Waals surface area contributed by atoms with Crippen LogP contribution in [0.2, 0.25) is 0 Å². The van der Waals surface area contributed by atoms with Gasteiger partial charge in [-0.2, -0.15) is 0 Å². The summed E-state index contributed by atoms with van der Waals surface area (Å²) in [5, 5.41) is 15.2. The molecular weight excluding hydrogens is 745 g/mol. The van der Waals surface area contributed by atoms with Gasteiger partial charge in [-0.25, -0.2) is 0 Å². The lowest BCUT2D eigenvalue weighted by Gasteiger charge is -2.18. The molecule has 0 heterocycles. The number of fused-ring (bicyclic) bond motifs is 10. The van der Waals surface area contributed by atoms with Crippen molar-refractivity contribution in [3.05, 3.63) is 230 Å². The summed E-state index contributed by atoms with van der Waals surface area (Å²) in [7, 11) is 0. The molecule has 0 aliphatic heterocycles. The third-order valence-electron chi connectivity index (χ3n) is 13.1. The number of rotatable bonds is 5. The summed E-state index contributed by atoms with van der Waals surface area (Å²) < 4.78 is 0. The van der Waals surface area contributed by atoms with Crippen LogP contribution in [0.15, 0.2) is 218 Å². The lowest BCUT2D eigenvalue weighted by Crippen LogP contribution is -1.91. The first-order chi connectivity index (χ1) is 30.6. The van der Waals surface area contributed by atoms with Crippen LogP contribution in [-0.2, 0) is 0 Å². The smallest absolute Gasteiger partial charge is 0.00921 e. The Morgan fingerprint density at radius 3 is 0.710 bits per heavy atom. The van der Waals surface area contributed by atoms with Crippen LogP contribution in [0.25, 0.3) is 120 Å². The molecule has 0 aromatic heterocycles. The zero-order valence-corrected chi connectivity index (χ0v) is 34.8. The topological polar surface area (TPSA) is 0 Å². The quantitative estimate of drug-likeness (QED) is 0.152. The van der Waals surface area contributed by atoms with Crippen molar-refractivity contribution >= 4 is 64.6 Å². The molecule has 0 heteroatoms. The Morgan fingerprint density at radius 1 is 0.177 bits per heavy atom. The SMILES string of the molecule is Cc1ccc2c(-c3ccccc3)cc3c4cc(-c5ccc6c(-c7ccccc7)cc7c8cc(C)ccc8c(-c8ccccc8)cc7c6c5)ccc4c(-c4ccccc4)cc3c2c1. The van der Waals surface area contributed by atoms with Gasteiger partial charge in [0.25, 0.3) is 0 Å². The fourth-order valence-corrected chi connectivity index (χ4v) is 10.1. The molecule has 0 N–H and O–H groups in total. The number of hydrogen-bond donors (Lipinski definition) is 0. The van der Waals surface area contributed by atoms with Gasteiger partial charge in [-0.3, -0.25) is 0 Å². The Morgan fingerprint density at radius 2 is 0.419 bits per heavy atom. The van der Waals surface area contributed by atoms with Crippen molar-refractivity contribution in [3.63, 3.8) is 0 Å². The Labute approximate surface area is 362 Å². The largest absolute Gasteiger partial charge is 0.0622 e. The highest BCUT2D eigenvalue weighted by Crippen LogP contribution is 2.46. The molecule has 62 heavy (non-hydrogen) atoms. The van der Waals surface area contributed by atoms with Crippen LogP contribution in [0.5, 0.6) is 0 Å². The molecular formula is C62H42. The van der Waals surface area contributed by atoms with E-state index in [1.54, 1.807) is 0 Å². The van der Waals surface area contributed by atoms with Gasteiger partial charge in [0.05, 0.1) is 0 Å². The van der Waals surface area contributed by atoms with E-state index < -0.39 is 0 Å². The molecule has 0 aliphatic rings. The second kappa shape index (κ2) is 14.4. The average Bonchev–Trinajstić information content (AvgIpc) is 3.33. The summed E-state index contributed by atoms with van der Waals surface area (Å²) in [5.74, 6) is 0. The molecule has 12 rings (SSSR count). The Balaban J connectivity index is 1.18. The van der Waals surface area contributed by atoms with Gasteiger partial charge >= 0.3 is 0 Å². The van der Waals surface area contributed by atoms with Crippen LogP contribution >= 0.6 is 0 Å². The molecule has 0 fully saturated rings. The molecule has 0 saturated carbocycles.